The number of hydrogen-bond donors (Lipinski definition) is 0. The lowest BCUT2D eigenvalue weighted by atomic mass is 10.1. The molecule has 0 unspecified atom stereocenters. The quantitative estimate of drug-likeness (QED) is 0.461. The van der Waals surface area contributed by atoms with E-state index in [4.69, 9.17) is 0 Å². The maximum atomic E-state index is 11.7. The van der Waals surface area contributed by atoms with Gasteiger partial charge in [-0.1, -0.05) is 24.3 Å². The molecule has 0 saturated heterocycles. The van der Waals surface area contributed by atoms with Gasteiger partial charge in [-0.2, -0.15) is 0 Å². The standard InChI is InChI=1S/C11H4N2O3/c14-9-6-4-2-1-3-5(6)8-7(10(9)15)11(16)13-12-8/h1-4H. The minimum absolute atomic E-state index is 0.205. The summed E-state index contributed by atoms with van der Waals surface area (Å²) in [6.45, 7) is 0. The van der Waals surface area contributed by atoms with Crippen LogP contribution in [0.3, 0.4) is 0 Å². The molecule has 5 heteroatoms. The third-order valence-corrected chi connectivity index (χ3v) is 2.55. The van der Waals surface area contributed by atoms with Crippen molar-refractivity contribution < 1.29 is 0 Å². The summed E-state index contributed by atoms with van der Waals surface area (Å²) in [5, 5.41) is 7.73. The lowest BCUT2D eigenvalue weighted by Crippen LogP contribution is -2.28. The monoisotopic (exact) mass is 212 g/mol. The predicted octanol–water partition coefficient (Wildman–Crippen LogP) is -0.689. The Morgan fingerprint density at radius 3 is 2.25 bits per heavy atom. The molecule has 0 spiro atoms. The number of rotatable bonds is 0. The van der Waals surface area contributed by atoms with Crippen LogP contribution in [-0.4, -0.2) is 10.2 Å². The normalized spacial score (nSPS) is 11.2. The maximum absolute atomic E-state index is 11.7. The van der Waals surface area contributed by atoms with Crippen LogP contribution < -0.4 is 16.4 Å². The second-order valence-electron chi connectivity index (χ2n) is 3.43. The van der Waals surface area contributed by atoms with Crippen molar-refractivity contribution in [3.8, 4) is 0 Å². The molecule has 0 aromatic heterocycles. The number of aromatic nitrogens is 2. The zero-order chi connectivity index (χ0) is 11.3. The molecule has 76 valence electrons. The summed E-state index contributed by atoms with van der Waals surface area (Å²) in [5.41, 5.74) is -2.22. The number of nitrogens with zero attached hydrogens (tertiary/aromatic N) is 2. The van der Waals surface area contributed by atoms with E-state index in [2.05, 4.69) is 10.2 Å². The molecule has 2 aliphatic rings. The summed E-state index contributed by atoms with van der Waals surface area (Å²) in [6, 6.07) is 6.55. The van der Waals surface area contributed by atoms with Gasteiger partial charge >= 0.3 is 5.56 Å². The molecule has 1 heterocycles. The van der Waals surface area contributed by atoms with E-state index >= 15 is 0 Å². The number of fused-ring (bicyclic) bond motifs is 2. The van der Waals surface area contributed by atoms with Gasteiger partial charge in [0.15, 0.2) is 0 Å². The Kier molecular flexibility index (Phi) is 1.54. The van der Waals surface area contributed by atoms with Crippen LogP contribution in [0.15, 0.2) is 38.6 Å². The fourth-order valence-corrected chi connectivity index (χ4v) is 1.81. The van der Waals surface area contributed by atoms with Gasteiger partial charge in [-0.15, -0.1) is 10.2 Å². The van der Waals surface area contributed by atoms with Gasteiger partial charge < -0.3 is 0 Å². The second-order valence-corrected chi connectivity index (χ2v) is 3.43. The molecule has 0 atom stereocenters. The van der Waals surface area contributed by atoms with E-state index in [0.29, 0.717) is 5.39 Å². The average molecular weight is 212 g/mol. The van der Waals surface area contributed by atoms with Crippen LogP contribution in [0.25, 0.3) is 10.8 Å². The molecular weight excluding hydrogens is 208 g/mol. The Morgan fingerprint density at radius 2 is 1.50 bits per heavy atom. The molecule has 5 nitrogen and oxygen atoms in total. The zero-order valence-electron chi connectivity index (χ0n) is 7.93. The van der Waals surface area contributed by atoms with Crippen LogP contribution in [0.4, 0.5) is 0 Å². The highest BCUT2D eigenvalue weighted by Gasteiger charge is 2.12. The molecule has 3 rings (SSSR count). The Labute approximate surface area is 87.3 Å². The summed E-state index contributed by atoms with van der Waals surface area (Å²) >= 11 is 0. The van der Waals surface area contributed by atoms with Crippen molar-refractivity contribution >= 4 is 10.8 Å². The number of hydrogen-bond acceptors (Lipinski definition) is 5. The van der Waals surface area contributed by atoms with E-state index in [1.807, 2.05) is 0 Å². The molecule has 0 saturated carbocycles. The molecule has 0 bridgehead atoms. The molecule has 0 radical (unpaired) electrons. The third-order valence-electron chi connectivity index (χ3n) is 2.55. The fourth-order valence-electron chi connectivity index (χ4n) is 1.81. The molecule has 1 aromatic rings. The molecule has 1 aliphatic heterocycles. The van der Waals surface area contributed by atoms with Gasteiger partial charge in [0.05, 0.1) is 0 Å². The van der Waals surface area contributed by atoms with Crippen LogP contribution >= 0.6 is 0 Å². The Balaban J connectivity index is 2.97. The first-order valence-electron chi connectivity index (χ1n) is 4.59. The number of benzene rings is 1. The van der Waals surface area contributed by atoms with E-state index < -0.39 is 16.4 Å². The van der Waals surface area contributed by atoms with Crippen molar-refractivity contribution in [1.82, 2.24) is 10.2 Å². The first-order valence-corrected chi connectivity index (χ1v) is 4.59. The van der Waals surface area contributed by atoms with Gasteiger partial charge in [0, 0.05) is 10.8 Å². The van der Waals surface area contributed by atoms with E-state index in [-0.39, 0.29) is 16.0 Å². The zero-order valence-corrected chi connectivity index (χ0v) is 7.93. The largest absolute Gasteiger partial charge is 0.301 e. The van der Waals surface area contributed by atoms with E-state index in [9.17, 15) is 14.4 Å². The van der Waals surface area contributed by atoms with Crippen molar-refractivity contribution in [3.63, 3.8) is 0 Å². The first kappa shape index (κ1) is 8.84. The SMILES string of the molecule is O=c1nnc2c3ccccc3c(=O)c(=O)c1=2. The summed E-state index contributed by atoms with van der Waals surface area (Å²) in [6.07, 6.45) is 0. The van der Waals surface area contributed by atoms with Crippen molar-refractivity contribution in [2.75, 3.05) is 0 Å². The van der Waals surface area contributed by atoms with E-state index in [1.54, 1.807) is 18.2 Å². The van der Waals surface area contributed by atoms with Gasteiger partial charge in [-0.3, -0.25) is 14.4 Å². The van der Waals surface area contributed by atoms with E-state index in [0.717, 1.165) is 0 Å². The Hall–Kier alpha value is -2.43. The van der Waals surface area contributed by atoms with E-state index in [1.165, 1.54) is 6.07 Å². The summed E-state index contributed by atoms with van der Waals surface area (Å²) < 4.78 is 0. The van der Waals surface area contributed by atoms with Gasteiger partial charge in [0.1, 0.15) is 10.6 Å². The molecule has 0 amide bonds. The topological polar surface area (TPSA) is 77.0 Å². The van der Waals surface area contributed by atoms with Crippen molar-refractivity contribution in [2.45, 2.75) is 0 Å². The molecule has 1 aromatic carbocycles. The molecule has 0 N–H and O–H groups in total. The van der Waals surface area contributed by atoms with Gasteiger partial charge in [0.25, 0.3) is 0 Å². The molecule has 0 fully saturated rings. The highest BCUT2D eigenvalue weighted by molar-refractivity contribution is 5.82. The van der Waals surface area contributed by atoms with Gasteiger partial charge in [-0.05, 0) is 0 Å². The lowest BCUT2D eigenvalue weighted by Gasteiger charge is -1.92. The summed E-state index contributed by atoms with van der Waals surface area (Å²) in [7, 11) is 0. The Morgan fingerprint density at radius 1 is 0.812 bits per heavy atom. The van der Waals surface area contributed by atoms with Crippen LogP contribution in [0, 0.1) is 10.6 Å². The summed E-state index contributed by atoms with van der Waals surface area (Å²) in [5.74, 6) is 0. The van der Waals surface area contributed by atoms with Crippen LogP contribution in [0.1, 0.15) is 0 Å². The molecule has 16 heavy (non-hydrogen) atoms. The molecule has 1 aliphatic carbocycles. The van der Waals surface area contributed by atoms with Gasteiger partial charge in [-0.25, -0.2) is 0 Å². The maximum Gasteiger partial charge on any atom is 0.301 e. The second kappa shape index (κ2) is 2.79. The highest BCUT2D eigenvalue weighted by atomic mass is 16.2. The van der Waals surface area contributed by atoms with Crippen LogP contribution in [0.5, 0.6) is 0 Å². The molecular formula is C11H4N2O3. The smallest absolute Gasteiger partial charge is 0.285 e. The Bertz CT molecular complexity index is 907. The third kappa shape index (κ3) is 0.916. The van der Waals surface area contributed by atoms with Gasteiger partial charge in [0.2, 0.25) is 10.9 Å². The van der Waals surface area contributed by atoms with Crippen LogP contribution in [-0.2, 0) is 0 Å². The summed E-state index contributed by atoms with van der Waals surface area (Å²) in [4.78, 5) is 34.6. The highest BCUT2D eigenvalue weighted by Crippen LogP contribution is 2.08. The lowest BCUT2D eigenvalue weighted by molar-refractivity contribution is 1.04. The van der Waals surface area contributed by atoms with Crippen molar-refractivity contribution in [1.29, 1.82) is 0 Å². The minimum Gasteiger partial charge on any atom is -0.285 e. The first-order chi connectivity index (χ1) is 7.70. The average Bonchev–Trinajstić information content (AvgIpc) is 2.69. The predicted molar refractivity (Wildman–Crippen MR) is 56.0 cm³/mol. The van der Waals surface area contributed by atoms with Crippen LogP contribution in [0.2, 0.25) is 0 Å². The van der Waals surface area contributed by atoms with Crippen molar-refractivity contribution in [3.05, 3.63) is 65.6 Å². The fraction of sp³-hybridized carbons (Fsp3) is 0. The van der Waals surface area contributed by atoms with Crippen molar-refractivity contribution in [2.24, 2.45) is 0 Å². The minimum atomic E-state index is -0.816.